The molecular weight excluding hydrogens is 957 g/mol. The van der Waals surface area contributed by atoms with Gasteiger partial charge in [-0.15, -0.1) is 0 Å². The largest absolute Gasteiger partial charge is 0.457 e. The molecule has 16 nitrogen and oxygen atoms in total. The van der Waals surface area contributed by atoms with Crippen molar-refractivity contribution in [1.29, 1.82) is 10.5 Å². The fraction of sp³-hybridized carbons (Fsp3) is 0.228. The number of rotatable bonds is 21. The van der Waals surface area contributed by atoms with E-state index < -0.39 is 38.9 Å². The maximum absolute atomic E-state index is 14.1. The Balaban J connectivity index is 1.20. The molecule has 4 amide bonds. The van der Waals surface area contributed by atoms with Crippen molar-refractivity contribution in [1.82, 2.24) is 15.1 Å². The highest BCUT2D eigenvalue weighted by molar-refractivity contribution is 7.91. The molecule has 0 aliphatic carbocycles. The summed E-state index contributed by atoms with van der Waals surface area (Å²) >= 11 is 0. The number of amides is 4. The highest BCUT2D eigenvalue weighted by Gasteiger charge is 2.27. The van der Waals surface area contributed by atoms with Crippen LogP contribution in [-0.2, 0) is 15.3 Å². The Hall–Kier alpha value is -9.29. The molecule has 6 rings (SSSR count). The summed E-state index contributed by atoms with van der Waals surface area (Å²) in [5, 5.41) is 23.7. The van der Waals surface area contributed by atoms with Gasteiger partial charge in [0.15, 0.2) is 0 Å². The van der Waals surface area contributed by atoms with Gasteiger partial charge in [-0.05, 0) is 115 Å². The van der Waals surface area contributed by atoms with Gasteiger partial charge in [0.05, 0.1) is 70.1 Å². The first-order valence-corrected chi connectivity index (χ1v) is 24.8. The second-order valence-electron chi connectivity index (χ2n) is 17.3. The standard InChI is InChI=1S/C57H52N8O8S/c1-39-9-23-47(24-10-39)74(70,71)48-25-15-42(16-26-48)63-54(67)52-38-46(22-28-50(52)56(69)65(34-8-30-59)36-32-61-5)73-44-19-13-41(14-20-44)57(2,3)40-11-17-43(18-12-40)72-45-21-27-49(51(37-45)53(66)62-6)55(68)64(33-7-29-58)35-31-60-4/h9-28,37-38H,7-8,31-36H2,1-3,6H3,(H,62,66)(H,63,67). The van der Waals surface area contributed by atoms with E-state index in [0.717, 1.165) is 16.7 Å². The Morgan fingerprint density at radius 3 is 1.39 bits per heavy atom. The number of aryl methyl sites for hydroxylation is 1. The zero-order valence-electron chi connectivity index (χ0n) is 41.2. The second kappa shape index (κ2) is 24.7. The van der Waals surface area contributed by atoms with Crippen molar-refractivity contribution >= 4 is 39.2 Å². The molecule has 0 fully saturated rings. The van der Waals surface area contributed by atoms with Gasteiger partial charge < -0.3 is 39.6 Å². The average molecular weight is 1010 g/mol. The van der Waals surface area contributed by atoms with Gasteiger partial charge in [-0.3, -0.25) is 19.2 Å². The molecule has 0 heterocycles. The zero-order valence-corrected chi connectivity index (χ0v) is 42.0. The Morgan fingerprint density at radius 2 is 0.986 bits per heavy atom. The van der Waals surface area contributed by atoms with E-state index in [1.807, 2.05) is 43.3 Å². The number of anilines is 1. The number of hydrogen-bond acceptors (Lipinski definition) is 10. The molecule has 0 atom stereocenters. The first-order valence-electron chi connectivity index (χ1n) is 23.3. The Labute approximate surface area is 430 Å². The minimum absolute atomic E-state index is 0.00736. The van der Waals surface area contributed by atoms with Gasteiger partial charge in [-0.1, -0.05) is 55.8 Å². The molecule has 0 aliphatic heterocycles. The number of ether oxygens (including phenoxy) is 2. The second-order valence-corrected chi connectivity index (χ2v) is 19.3. The zero-order chi connectivity index (χ0) is 53.4. The van der Waals surface area contributed by atoms with Crippen LogP contribution in [0.15, 0.2) is 143 Å². The van der Waals surface area contributed by atoms with E-state index in [1.165, 1.54) is 77.5 Å². The number of nitriles is 2. The van der Waals surface area contributed by atoms with Gasteiger partial charge in [0.25, 0.3) is 23.6 Å². The molecule has 0 saturated carbocycles. The Kier molecular flexibility index (Phi) is 18.0. The topological polar surface area (TPSA) is 208 Å². The summed E-state index contributed by atoms with van der Waals surface area (Å²) in [5.41, 5.74) is 2.69. The van der Waals surface area contributed by atoms with Gasteiger partial charge in [0.2, 0.25) is 22.9 Å². The number of nitrogens with zero attached hydrogens (tertiary/aromatic N) is 6. The van der Waals surface area contributed by atoms with Crippen LogP contribution in [0.25, 0.3) is 9.69 Å². The highest BCUT2D eigenvalue weighted by atomic mass is 32.2. The van der Waals surface area contributed by atoms with E-state index in [0.29, 0.717) is 17.2 Å². The predicted molar refractivity (Wildman–Crippen MR) is 278 cm³/mol. The molecule has 6 aromatic carbocycles. The molecule has 0 saturated heterocycles. The molecule has 0 unspecified atom stereocenters. The van der Waals surface area contributed by atoms with E-state index in [4.69, 9.17) is 27.9 Å². The lowest BCUT2D eigenvalue weighted by Crippen LogP contribution is -2.35. The number of carbonyl (C=O) groups is 4. The minimum Gasteiger partial charge on any atom is -0.457 e. The third-order valence-corrected chi connectivity index (χ3v) is 13.8. The Morgan fingerprint density at radius 1 is 0.581 bits per heavy atom. The fourth-order valence-corrected chi connectivity index (χ4v) is 9.09. The fourth-order valence-electron chi connectivity index (χ4n) is 7.83. The van der Waals surface area contributed by atoms with E-state index in [1.54, 1.807) is 48.5 Å². The first kappa shape index (κ1) is 54.1. The van der Waals surface area contributed by atoms with Crippen LogP contribution in [0.1, 0.15) is 84.8 Å². The molecule has 0 spiro atoms. The molecule has 74 heavy (non-hydrogen) atoms. The van der Waals surface area contributed by atoms with Crippen LogP contribution in [0.5, 0.6) is 23.0 Å². The molecule has 2 N–H and O–H groups in total. The van der Waals surface area contributed by atoms with Crippen LogP contribution < -0.4 is 20.1 Å². The number of benzene rings is 6. The van der Waals surface area contributed by atoms with Gasteiger partial charge in [-0.25, -0.2) is 21.6 Å². The molecule has 6 aromatic rings. The van der Waals surface area contributed by atoms with Crippen LogP contribution in [-0.4, -0.2) is 88.2 Å². The summed E-state index contributed by atoms with van der Waals surface area (Å²) < 4.78 is 39.0. The van der Waals surface area contributed by atoms with E-state index in [-0.39, 0.29) is 95.6 Å². The summed E-state index contributed by atoms with van der Waals surface area (Å²) in [6.45, 7) is 20.7. The van der Waals surface area contributed by atoms with Crippen molar-refractivity contribution in [2.24, 2.45) is 0 Å². The van der Waals surface area contributed by atoms with Crippen LogP contribution in [0, 0.1) is 42.7 Å². The van der Waals surface area contributed by atoms with Crippen LogP contribution in [0.3, 0.4) is 0 Å². The molecular formula is C57H52N8O8S. The quantitative estimate of drug-likeness (QED) is 0.0652. The number of carbonyl (C=O) groups excluding carboxylic acids is 4. The molecule has 0 bridgehead atoms. The average Bonchev–Trinajstić information content (AvgIpc) is 3.41. The lowest BCUT2D eigenvalue weighted by Gasteiger charge is -2.26. The van der Waals surface area contributed by atoms with E-state index >= 15 is 0 Å². The third-order valence-electron chi connectivity index (χ3n) is 12.1. The van der Waals surface area contributed by atoms with E-state index in [9.17, 15) is 32.9 Å². The Bertz CT molecular complexity index is 3280. The monoisotopic (exact) mass is 1010 g/mol. The van der Waals surface area contributed by atoms with E-state index in [2.05, 4.69) is 34.2 Å². The van der Waals surface area contributed by atoms with Crippen molar-refractivity contribution in [2.45, 2.75) is 48.8 Å². The van der Waals surface area contributed by atoms with Gasteiger partial charge in [-0.2, -0.15) is 10.5 Å². The summed E-state index contributed by atoms with van der Waals surface area (Å²) in [5.74, 6) is -0.767. The van der Waals surface area contributed by atoms with Crippen LogP contribution in [0.2, 0.25) is 0 Å². The summed E-state index contributed by atoms with van der Waals surface area (Å²) in [6.07, 6.45) is 0.0885. The van der Waals surface area contributed by atoms with Gasteiger partial charge >= 0.3 is 0 Å². The van der Waals surface area contributed by atoms with Gasteiger partial charge in [0, 0.05) is 31.2 Å². The van der Waals surface area contributed by atoms with Crippen molar-refractivity contribution in [3.8, 4) is 35.1 Å². The smallest absolute Gasteiger partial charge is 0.256 e. The highest BCUT2D eigenvalue weighted by Crippen LogP contribution is 2.36. The molecule has 374 valence electrons. The predicted octanol–water partition coefficient (Wildman–Crippen LogP) is 9.90. The number of sulfone groups is 1. The molecule has 0 radical (unpaired) electrons. The van der Waals surface area contributed by atoms with Crippen molar-refractivity contribution in [2.75, 3.05) is 51.6 Å². The maximum Gasteiger partial charge on any atom is 0.256 e. The summed E-state index contributed by atoms with van der Waals surface area (Å²) in [6, 6.07) is 40.0. The van der Waals surface area contributed by atoms with Crippen molar-refractivity contribution < 1.29 is 37.1 Å². The van der Waals surface area contributed by atoms with Crippen LogP contribution >= 0.6 is 0 Å². The number of nitrogens with one attached hydrogen (secondary N) is 2. The third kappa shape index (κ3) is 13.2. The summed E-state index contributed by atoms with van der Waals surface area (Å²) in [4.78, 5) is 64.1. The molecule has 0 aliphatic rings. The van der Waals surface area contributed by atoms with Crippen molar-refractivity contribution in [3.63, 3.8) is 0 Å². The molecule has 0 aromatic heterocycles. The maximum atomic E-state index is 14.1. The normalized spacial score (nSPS) is 10.9. The van der Waals surface area contributed by atoms with Gasteiger partial charge in [0.1, 0.15) is 23.0 Å². The SMILES string of the molecule is [C-]#[N+]CCN(CCC#N)C(=O)c1ccc(Oc2ccc(C(C)(C)c3ccc(Oc4ccc(C(=O)N(CCC#N)CC[N+]#[C-])c(C(=O)Nc5ccc(S(=O)(=O)c6ccc(C)cc6)cc5)c4)cc3)cc2)cc1C(=O)NC. The first-order chi connectivity index (χ1) is 35.5. The molecule has 17 heteroatoms. The lowest BCUT2D eigenvalue weighted by atomic mass is 9.78. The lowest BCUT2D eigenvalue weighted by molar-refractivity contribution is 0.0755. The number of hydrogen-bond donors (Lipinski definition) is 2. The van der Waals surface area contributed by atoms with Crippen LogP contribution in [0.4, 0.5) is 5.69 Å². The summed E-state index contributed by atoms with van der Waals surface area (Å²) in [7, 11) is -2.39. The van der Waals surface area contributed by atoms with Crippen molar-refractivity contribution in [3.05, 3.63) is 195 Å². The minimum atomic E-state index is -3.84.